The molecule has 0 aliphatic heterocycles. The lowest BCUT2D eigenvalue weighted by atomic mass is 9.12. The Kier molecular flexibility index (Phi) is 15.1. The zero-order chi connectivity index (χ0) is 55.3. The van der Waals surface area contributed by atoms with Gasteiger partial charge in [0.2, 0.25) is 18.1 Å². The Hall–Kier alpha value is -7.10. The number of pyridine rings is 1. The van der Waals surface area contributed by atoms with Crippen molar-refractivity contribution in [1.82, 2.24) is 0 Å². The number of hydrogen-bond donors (Lipinski definition) is 1. The van der Waals surface area contributed by atoms with Gasteiger partial charge >= 0.3 is 55.4 Å². The number of halogens is 24. The fourth-order valence-corrected chi connectivity index (χ4v) is 7.32. The van der Waals surface area contributed by atoms with Crippen LogP contribution in [0.5, 0.6) is 5.75 Å². The van der Waals surface area contributed by atoms with Crippen LogP contribution in [0.3, 0.4) is 0 Å². The molecule has 0 aliphatic rings. The van der Waals surface area contributed by atoms with Crippen LogP contribution in [0.2, 0.25) is 0 Å². The number of carboxylic acids is 1. The van der Waals surface area contributed by atoms with Crippen molar-refractivity contribution in [3.8, 4) is 5.75 Å². The molecular formula is C44H22BF24NO3. The maximum Gasteiger partial charge on any atom is 0.416 e. The lowest BCUT2D eigenvalue weighted by Gasteiger charge is -2.46. The Labute approximate surface area is 391 Å². The molecule has 6 rings (SSSR count). The lowest BCUT2D eigenvalue weighted by Crippen LogP contribution is -2.75. The average molecular weight is 1080 g/mol. The third-order valence-corrected chi connectivity index (χ3v) is 10.4. The molecule has 4 nitrogen and oxygen atoms in total. The Morgan fingerprint density at radius 1 is 0.356 bits per heavy atom. The topological polar surface area (TPSA) is 50.4 Å². The number of aromatic carboxylic acids is 1. The van der Waals surface area contributed by atoms with Gasteiger partial charge in [-0.2, -0.15) is 127 Å². The Bertz CT molecular complexity index is 2530. The van der Waals surface area contributed by atoms with E-state index in [0.29, 0.717) is 5.75 Å². The molecule has 1 heterocycles. The van der Waals surface area contributed by atoms with Gasteiger partial charge in [-0.1, -0.05) is 60.7 Å². The minimum atomic E-state index is -6.13. The third kappa shape index (κ3) is 13.3. The molecule has 0 aliphatic carbocycles. The van der Waals surface area contributed by atoms with Crippen molar-refractivity contribution < 1.29 is 125 Å². The highest BCUT2D eigenvalue weighted by Crippen LogP contribution is 2.41. The summed E-state index contributed by atoms with van der Waals surface area (Å²) in [5.74, 6) is -0.486. The Morgan fingerprint density at radius 3 is 0.822 bits per heavy atom. The summed E-state index contributed by atoms with van der Waals surface area (Å²) in [5.41, 5.74) is -30.0. The molecule has 0 saturated heterocycles. The summed E-state index contributed by atoms with van der Waals surface area (Å²) in [4.78, 5) is 16.2. The maximum atomic E-state index is 14.2. The lowest BCUT2D eigenvalue weighted by molar-refractivity contribution is -0.875. The second-order valence-corrected chi connectivity index (χ2v) is 15.4. The van der Waals surface area contributed by atoms with Crippen molar-refractivity contribution in [3.63, 3.8) is 0 Å². The largest absolute Gasteiger partial charge is 0.478 e. The number of hydrogen-bond acceptors (Lipinski definition) is 2. The number of benzene rings is 5. The zero-order valence-electron chi connectivity index (χ0n) is 35.0. The SMILES string of the molecule is FC(F)(F)c1cc([B-](c2cc(C(F)(F)F)cc(C(F)(F)F)c2)(c2cc(C(F)(F)F)cc(C(F)(F)F)c2)c2cc(C(F)(F)F)cc(C(F)(F)F)c2)cc(C(F)(F)F)c1.O=C(O)c1cccc(O[n+]2ccccc2)c1. The van der Waals surface area contributed by atoms with E-state index in [1.807, 2.05) is 18.2 Å². The first-order chi connectivity index (χ1) is 33.0. The zero-order valence-corrected chi connectivity index (χ0v) is 35.0. The predicted molar refractivity (Wildman–Crippen MR) is 206 cm³/mol. The van der Waals surface area contributed by atoms with E-state index >= 15 is 0 Å². The minimum Gasteiger partial charge on any atom is -0.478 e. The molecule has 0 amide bonds. The van der Waals surface area contributed by atoms with Crippen LogP contribution in [0.25, 0.3) is 0 Å². The summed E-state index contributed by atoms with van der Waals surface area (Å²) in [6, 6.07) is 3.03. The Balaban J connectivity index is 0.000000520. The first kappa shape index (κ1) is 56.8. The van der Waals surface area contributed by atoms with Gasteiger partial charge in [-0.05, 0) is 36.4 Å². The molecule has 1 N–H and O–H groups in total. The van der Waals surface area contributed by atoms with E-state index in [0.717, 1.165) is 0 Å². The van der Waals surface area contributed by atoms with Gasteiger partial charge in [0, 0.05) is 22.9 Å². The van der Waals surface area contributed by atoms with Crippen molar-refractivity contribution in [2.75, 3.05) is 0 Å². The highest BCUT2D eigenvalue weighted by atomic mass is 19.4. The molecule has 73 heavy (non-hydrogen) atoms. The fraction of sp³-hybridized carbons (Fsp3) is 0.182. The summed E-state index contributed by atoms with van der Waals surface area (Å²) >= 11 is 0. The standard InChI is InChI=1S/C32H12BF24.C12H9NO3/c34-25(35,36)13-1-14(26(37,38)39)6-21(5-13)33(22-7-15(27(40,41)42)2-16(8-22)28(43,44)45,23-9-17(29(46,47)48)3-18(10-23)30(49,50)51)24-11-19(31(52,53)54)4-20(12-24)32(55,56)57;14-12(15)10-5-4-6-11(9-10)16-13-7-2-1-3-8-13/h1-12H;1-9H/q-1;/p+1. The molecule has 6 aromatic rings. The van der Waals surface area contributed by atoms with Crippen LogP contribution < -0.4 is 31.4 Å². The van der Waals surface area contributed by atoms with Crippen molar-refractivity contribution >= 4 is 34.0 Å². The molecule has 392 valence electrons. The van der Waals surface area contributed by atoms with E-state index < -0.39 is 201 Å². The van der Waals surface area contributed by atoms with Crippen LogP contribution >= 0.6 is 0 Å². The highest BCUT2D eigenvalue weighted by molar-refractivity contribution is 7.20. The van der Waals surface area contributed by atoms with Crippen molar-refractivity contribution in [2.45, 2.75) is 49.4 Å². The fourth-order valence-electron chi connectivity index (χ4n) is 7.32. The van der Waals surface area contributed by atoms with Gasteiger partial charge in [0.25, 0.3) is 0 Å². The highest BCUT2D eigenvalue weighted by Gasteiger charge is 2.47. The van der Waals surface area contributed by atoms with Gasteiger partial charge in [-0.15, -0.1) is 0 Å². The maximum absolute atomic E-state index is 14.2. The third-order valence-electron chi connectivity index (χ3n) is 10.4. The molecule has 0 unspecified atom stereocenters. The van der Waals surface area contributed by atoms with Crippen LogP contribution in [0.1, 0.15) is 54.9 Å². The molecule has 5 aromatic carbocycles. The van der Waals surface area contributed by atoms with E-state index in [4.69, 9.17) is 9.94 Å². The summed E-state index contributed by atoms with van der Waals surface area (Å²) in [6.45, 7) is 0. The summed E-state index contributed by atoms with van der Waals surface area (Å²) in [5, 5.41) is 8.81. The molecule has 0 bridgehead atoms. The predicted octanol–water partition coefficient (Wildman–Crippen LogP) is 12.7. The van der Waals surface area contributed by atoms with Crippen LogP contribution in [-0.4, -0.2) is 17.2 Å². The van der Waals surface area contributed by atoms with Gasteiger partial charge in [-0.3, -0.25) is 0 Å². The van der Waals surface area contributed by atoms with E-state index in [9.17, 15) is 110 Å². The van der Waals surface area contributed by atoms with Gasteiger partial charge in [0.1, 0.15) is 6.15 Å². The Morgan fingerprint density at radius 2 is 0.603 bits per heavy atom. The van der Waals surface area contributed by atoms with Crippen molar-refractivity contribution in [3.05, 3.63) is 178 Å². The summed E-state index contributed by atoms with van der Waals surface area (Å²) in [7, 11) is 0. The normalized spacial score (nSPS) is 13.3. The molecule has 0 atom stereocenters. The minimum absolute atomic E-state index is 0.203. The molecule has 29 heteroatoms. The second-order valence-electron chi connectivity index (χ2n) is 15.4. The number of rotatable bonds is 7. The van der Waals surface area contributed by atoms with E-state index in [2.05, 4.69) is 0 Å². The molecule has 0 radical (unpaired) electrons. The van der Waals surface area contributed by atoms with Crippen LogP contribution in [-0.2, 0) is 49.4 Å². The monoisotopic (exact) mass is 1080 g/mol. The quantitative estimate of drug-likeness (QED) is 0.0985. The average Bonchev–Trinajstić information content (AvgIpc) is 3.24. The van der Waals surface area contributed by atoms with E-state index in [-0.39, 0.29) is 5.56 Å². The van der Waals surface area contributed by atoms with Crippen LogP contribution in [0, 0.1) is 0 Å². The first-order valence-electron chi connectivity index (χ1n) is 19.4. The molecule has 0 spiro atoms. The summed E-state index contributed by atoms with van der Waals surface area (Å²) in [6.07, 6.45) is -51.3. The number of carboxylic acid groups (broad SMARTS) is 1. The van der Waals surface area contributed by atoms with Crippen LogP contribution in [0.15, 0.2) is 128 Å². The molecular weight excluding hydrogens is 1060 g/mol. The molecule has 1 aromatic heterocycles. The van der Waals surface area contributed by atoms with Crippen molar-refractivity contribution in [2.24, 2.45) is 0 Å². The van der Waals surface area contributed by atoms with E-state index in [1.165, 1.54) is 16.9 Å². The number of aromatic nitrogens is 1. The van der Waals surface area contributed by atoms with Gasteiger partial charge < -0.3 is 5.11 Å². The number of carbonyl (C=O) groups is 1. The molecule has 0 saturated carbocycles. The van der Waals surface area contributed by atoms with Gasteiger partial charge in [-0.25, -0.2) is 9.63 Å². The second kappa shape index (κ2) is 19.4. The number of nitrogens with zero attached hydrogens (tertiary/aromatic N) is 1. The van der Waals surface area contributed by atoms with Gasteiger partial charge in [0.05, 0.1) is 50.1 Å². The van der Waals surface area contributed by atoms with Gasteiger partial charge in [0.15, 0.2) is 0 Å². The van der Waals surface area contributed by atoms with E-state index in [1.54, 1.807) is 24.5 Å². The smallest absolute Gasteiger partial charge is 0.416 e. The molecule has 0 fully saturated rings. The first-order valence-corrected chi connectivity index (χ1v) is 19.4. The number of alkyl halides is 24. The van der Waals surface area contributed by atoms with Crippen LogP contribution in [0.4, 0.5) is 105 Å². The summed E-state index contributed by atoms with van der Waals surface area (Å²) < 4.78 is 342. The van der Waals surface area contributed by atoms with Crippen molar-refractivity contribution in [1.29, 1.82) is 0 Å².